The molecule has 1 aromatic rings. The van der Waals surface area contributed by atoms with Crippen molar-refractivity contribution in [2.75, 3.05) is 18.4 Å². The first kappa shape index (κ1) is 12.6. The molecular formula is C14H18Cl2N2. The van der Waals surface area contributed by atoms with Gasteiger partial charge in [-0.15, -0.1) is 0 Å². The fourth-order valence-electron chi connectivity index (χ4n) is 2.52. The topological polar surface area (TPSA) is 15.3 Å². The van der Waals surface area contributed by atoms with E-state index in [9.17, 15) is 0 Å². The van der Waals surface area contributed by atoms with Crippen molar-refractivity contribution in [3.63, 3.8) is 0 Å². The Morgan fingerprint density at radius 2 is 2.00 bits per heavy atom. The van der Waals surface area contributed by atoms with Gasteiger partial charge >= 0.3 is 0 Å². The highest BCUT2D eigenvalue weighted by Crippen LogP contribution is 2.34. The molecule has 0 saturated heterocycles. The van der Waals surface area contributed by atoms with Crippen LogP contribution in [0.15, 0.2) is 12.1 Å². The highest BCUT2D eigenvalue weighted by molar-refractivity contribution is 6.42. The first-order valence-electron chi connectivity index (χ1n) is 6.59. The summed E-state index contributed by atoms with van der Waals surface area (Å²) in [5.41, 5.74) is 2.39. The van der Waals surface area contributed by atoms with Crippen LogP contribution in [-0.2, 0) is 6.54 Å². The number of anilines is 1. The van der Waals surface area contributed by atoms with Gasteiger partial charge in [-0.3, -0.25) is 4.90 Å². The summed E-state index contributed by atoms with van der Waals surface area (Å²) in [6.45, 7) is 5.43. The Morgan fingerprint density at radius 1 is 1.28 bits per heavy atom. The highest BCUT2D eigenvalue weighted by Gasteiger charge is 2.28. The number of hydrogen-bond acceptors (Lipinski definition) is 2. The van der Waals surface area contributed by atoms with Crippen molar-refractivity contribution in [3.05, 3.63) is 27.7 Å². The Labute approximate surface area is 118 Å². The number of nitrogens with zero attached hydrogens (tertiary/aromatic N) is 1. The van der Waals surface area contributed by atoms with Crippen molar-refractivity contribution in [3.8, 4) is 0 Å². The van der Waals surface area contributed by atoms with Gasteiger partial charge in [-0.1, -0.05) is 23.2 Å². The third kappa shape index (κ3) is 2.61. The van der Waals surface area contributed by atoms with Gasteiger partial charge in [0.05, 0.1) is 10.0 Å². The normalized spacial score (nSPS) is 24.3. The van der Waals surface area contributed by atoms with Gasteiger partial charge in [0, 0.05) is 31.4 Å². The fourth-order valence-corrected chi connectivity index (χ4v) is 2.87. The summed E-state index contributed by atoms with van der Waals surface area (Å²) in [6.07, 6.45) is 2.79. The minimum atomic E-state index is 0.551. The molecule has 2 nitrogen and oxygen atoms in total. The van der Waals surface area contributed by atoms with Crippen molar-refractivity contribution < 1.29 is 0 Å². The van der Waals surface area contributed by atoms with Gasteiger partial charge in [0.15, 0.2) is 0 Å². The summed E-state index contributed by atoms with van der Waals surface area (Å²) in [5, 5.41) is 4.76. The summed E-state index contributed by atoms with van der Waals surface area (Å²) in [4.78, 5) is 2.56. The molecule has 0 spiro atoms. The van der Waals surface area contributed by atoms with Crippen molar-refractivity contribution >= 4 is 28.9 Å². The average molecular weight is 285 g/mol. The first-order valence-corrected chi connectivity index (χ1v) is 7.35. The largest absolute Gasteiger partial charge is 0.383 e. The molecule has 1 atom stereocenters. The molecule has 1 aliphatic heterocycles. The van der Waals surface area contributed by atoms with Crippen LogP contribution in [0.5, 0.6) is 0 Å². The minimum absolute atomic E-state index is 0.551. The highest BCUT2D eigenvalue weighted by atomic mass is 35.5. The molecule has 1 heterocycles. The Hall–Kier alpha value is -0.440. The summed E-state index contributed by atoms with van der Waals surface area (Å²) in [7, 11) is 0. The lowest BCUT2D eigenvalue weighted by Gasteiger charge is -2.26. The number of benzene rings is 1. The van der Waals surface area contributed by atoms with Crippen molar-refractivity contribution in [2.45, 2.75) is 32.4 Å². The maximum Gasteiger partial charge on any atom is 0.0613 e. The van der Waals surface area contributed by atoms with Gasteiger partial charge in [0.1, 0.15) is 0 Å². The summed E-state index contributed by atoms with van der Waals surface area (Å²) in [5.74, 6) is 0.914. The van der Waals surface area contributed by atoms with Crippen molar-refractivity contribution in [2.24, 2.45) is 5.92 Å². The van der Waals surface area contributed by atoms with Crippen LogP contribution in [0.2, 0.25) is 10.0 Å². The molecule has 1 fully saturated rings. The Kier molecular flexibility index (Phi) is 3.44. The third-order valence-corrected chi connectivity index (χ3v) is 4.64. The van der Waals surface area contributed by atoms with Crippen LogP contribution < -0.4 is 5.32 Å². The predicted molar refractivity (Wildman–Crippen MR) is 77.5 cm³/mol. The van der Waals surface area contributed by atoms with Crippen LogP contribution >= 0.6 is 23.2 Å². The maximum absolute atomic E-state index is 6.12. The van der Waals surface area contributed by atoms with Gasteiger partial charge in [0.25, 0.3) is 0 Å². The van der Waals surface area contributed by atoms with E-state index in [1.54, 1.807) is 0 Å². The van der Waals surface area contributed by atoms with Crippen molar-refractivity contribution in [1.29, 1.82) is 0 Å². The number of rotatable bonds is 2. The van der Waals surface area contributed by atoms with Crippen molar-refractivity contribution in [1.82, 2.24) is 4.90 Å². The van der Waals surface area contributed by atoms with E-state index in [0.29, 0.717) is 16.1 Å². The molecule has 3 rings (SSSR count). The van der Waals surface area contributed by atoms with Crippen LogP contribution in [0.4, 0.5) is 5.69 Å². The second kappa shape index (κ2) is 4.92. The zero-order chi connectivity index (χ0) is 12.7. The molecule has 0 amide bonds. The molecule has 1 aromatic carbocycles. The van der Waals surface area contributed by atoms with E-state index < -0.39 is 0 Å². The Morgan fingerprint density at radius 3 is 2.72 bits per heavy atom. The average Bonchev–Trinajstić information content (AvgIpc) is 3.14. The minimum Gasteiger partial charge on any atom is -0.383 e. The standard InChI is InChI=1S/C14H18Cl2N2/c1-9-6-17-14-5-13(16)12(15)4-11(14)8-18(9)7-10-2-3-10/h4-5,9-10,17H,2-3,6-8H2,1H3/t9-/m0/s1. The van der Waals surface area contributed by atoms with E-state index in [-0.39, 0.29) is 0 Å². The number of fused-ring (bicyclic) bond motifs is 1. The molecule has 1 saturated carbocycles. The lowest BCUT2D eigenvalue weighted by Crippen LogP contribution is -2.36. The maximum atomic E-state index is 6.12. The smallest absolute Gasteiger partial charge is 0.0613 e. The second-order valence-corrected chi connectivity index (χ2v) is 6.34. The summed E-state index contributed by atoms with van der Waals surface area (Å²) in [6, 6.07) is 4.51. The lowest BCUT2D eigenvalue weighted by molar-refractivity contribution is 0.203. The van der Waals surface area contributed by atoms with Gasteiger partial charge in [-0.05, 0) is 43.4 Å². The molecule has 1 N–H and O–H groups in total. The molecule has 0 bridgehead atoms. The lowest BCUT2D eigenvalue weighted by atomic mass is 10.1. The number of halogens is 2. The summed E-state index contributed by atoms with van der Waals surface area (Å²) >= 11 is 12.2. The molecular weight excluding hydrogens is 267 g/mol. The summed E-state index contributed by atoms with van der Waals surface area (Å²) < 4.78 is 0. The predicted octanol–water partition coefficient (Wildman–Crippen LogP) is 4.02. The Bertz CT molecular complexity index is 457. The third-order valence-electron chi connectivity index (χ3n) is 3.92. The van der Waals surface area contributed by atoms with Crippen LogP contribution in [-0.4, -0.2) is 24.0 Å². The molecule has 0 radical (unpaired) electrons. The second-order valence-electron chi connectivity index (χ2n) is 5.53. The van der Waals surface area contributed by atoms with E-state index in [1.165, 1.54) is 24.9 Å². The first-order chi connectivity index (χ1) is 8.63. The molecule has 4 heteroatoms. The van der Waals surface area contributed by atoms with E-state index in [0.717, 1.165) is 24.7 Å². The number of nitrogens with one attached hydrogen (secondary N) is 1. The Balaban J connectivity index is 1.86. The van der Waals surface area contributed by atoms with Crippen LogP contribution in [0.1, 0.15) is 25.3 Å². The number of hydrogen-bond donors (Lipinski definition) is 1. The van der Waals surface area contributed by atoms with Gasteiger partial charge < -0.3 is 5.32 Å². The van der Waals surface area contributed by atoms with E-state index in [4.69, 9.17) is 23.2 Å². The fraction of sp³-hybridized carbons (Fsp3) is 0.571. The van der Waals surface area contributed by atoms with Gasteiger partial charge in [-0.25, -0.2) is 0 Å². The van der Waals surface area contributed by atoms with Crippen LogP contribution in [0.3, 0.4) is 0 Å². The van der Waals surface area contributed by atoms with E-state index >= 15 is 0 Å². The zero-order valence-corrected chi connectivity index (χ0v) is 12.1. The molecule has 1 aliphatic carbocycles. The van der Waals surface area contributed by atoms with Gasteiger partial charge in [-0.2, -0.15) is 0 Å². The molecule has 2 aliphatic rings. The quantitative estimate of drug-likeness (QED) is 0.883. The molecule has 18 heavy (non-hydrogen) atoms. The molecule has 0 unspecified atom stereocenters. The zero-order valence-electron chi connectivity index (χ0n) is 10.5. The van der Waals surface area contributed by atoms with E-state index in [1.807, 2.05) is 12.1 Å². The SMILES string of the molecule is C[C@H]1CNc2cc(Cl)c(Cl)cc2CN1CC1CC1. The molecule has 98 valence electrons. The molecule has 0 aromatic heterocycles. The van der Waals surface area contributed by atoms with Crippen LogP contribution in [0.25, 0.3) is 0 Å². The van der Waals surface area contributed by atoms with Crippen LogP contribution in [0, 0.1) is 5.92 Å². The van der Waals surface area contributed by atoms with Gasteiger partial charge in [0.2, 0.25) is 0 Å². The monoisotopic (exact) mass is 284 g/mol. The van der Waals surface area contributed by atoms with E-state index in [2.05, 4.69) is 17.1 Å².